The molecule has 92 heavy (non-hydrogen) atoms. The van der Waals surface area contributed by atoms with Gasteiger partial charge in [-0.25, -0.2) is 62.4 Å². The van der Waals surface area contributed by atoms with Crippen LogP contribution in [0.2, 0.25) is 0 Å². The van der Waals surface area contributed by atoms with E-state index in [9.17, 15) is 65.5 Å². The lowest BCUT2D eigenvalue weighted by atomic mass is 9.83. The van der Waals surface area contributed by atoms with Crippen molar-refractivity contribution in [2.24, 2.45) is 17.8 Å². The van der Waals surface area contributed by atoms with Crippen LogP contribution in [-0.4, -0.2) is 98.9 Å². The molecule has 0 bridgehead atoms. The second kappa shape index (κ2) is 35.7. The van der Waals surface area contributed by atoms with E-state index in [4.69, 9.17) is 15.2 Å². The smallest absolute Gasteiger partial charge is 0.413 e. The number of carboxylic acid groups (broad SMARTS) is 1. The van der Waals surface area contributed by atoms with Gasteiger partial charge < -0.3 is 34.8 Å². The SMILES string of the molecule is CC(C)(C)OC(=O)Nc1ncc(Br)s1.CC(C)(C)OC(=O)Nc1ncc(F)s1.Cl.Cn1ccnc1CC(C(=O)O)n1c(=O)[nH]c2ccccc2c1=O.FN=[SiH2].Nc1ncc(F)s1.O=C(Cc1ncc(F)s1)C(CC1CCCCC1)n1c(=O)[nH]c2ccc(F)cc2c1=O. The van der Waals surface area contributed by atoms with Crippen LogP contribution in [0, 0.1) is 27.1 Å². The molecule has 7 N–H and O–H groups in total. The Hall–Kier alpha value is -8.03. The van der Waals surface area contributed by atoms with Crippen molar-refractivity contribution < 1.29 is 55.8 Å². The fraction of sp³-hybridized carbons (Fsp3) is 0.364. The molecule has 0 saturated heterocycles. The molecule has 9 aromatic rings. The summed E-state index contributed by atoms with van der Waals surface area (Å²) in [6.07, 6.45) is 12.0. The summed E-state index contributed by atoms with van der Waals surface area (Å²) in [5, 5.41) is 14.6. The largest absolute Gasteiger partial charge is 0.480 e. The normalized spacial score (nSPS) is 12.6. The monoisotopic (exact) mass is 1460 g/mol. The molecule has 2 amide bonds. The van der Waals surface area contributed by atoms with Crippen LogP contribution in [0.4, 0.5) is 47.0 Å². The topological polar surface area (TPSA) is 349 Å². The number of hydrogen-bond acceptors (Lipinski definition) is 21. The molecule has 1 aliphatic carbocycles. The molecule has 1 aliphatic rings. The summed E-state index contributed by atoms with van der Waals surface area (Å²) in [4.78, 5) is 124. The van der Waals surface area contributed by atoms with Crippen molar-refractivity contribution in [1.29, 1.82) is 0 Å². The number of carboxylic acids is 1. The van der Waals surface area contributed by atoms with Gasteiger partial charge in [-0.1, -0.05) is 94.1 Å². The highest BCUT2D eigenvalue weighted by Gasteiger charge is 2.31. The molecular formula is C55H63BrClF5N14O11S4Si. The van der Waals surface area contributed by atoms with Crippen molar-refractivity contribution in [2.45, 2.75) is 116 Å². The van der Waals surface area contributed by atoms with Crippen LogP contribution in [0.3, 0.4) is 0 Å². The molecular weight excluding hydrogens is 1400 g/mol. The number of aliphatic carboxylic acids is 1. The number of ketones is 1. The lowest BCUT2D eigenvalue weighted by molar-refractivity contribution is -0.141. The molecule has 0 aliphatic heterocycles. The van der Waals surface area contributed by atoms with E-state index < -0.39 is 80.0 Å². The molecule has 7 aromatic heterocycles. The number of nitrogen functional groups attached to an aromatic ring is 1. The number of H-pyrrole nitrogens is 2. The number of thiazole rings is 4. The Balaban J connectivity index is 0.000000258. The molecule has 0 spiro atoms. The fourth-order valence-electron chi connectivity index (χ4n) is 8.43. The number of fused-ring (bicyclic) bond motifs is 2. The lowest BCUT2D eigenvalue weighted by Crippen LogP contribution is -2.42. The van der Waals surface area contributed by atoms with Gasteiger partial charge in [-0.3, -0.25) is 25.0 Å². The van der Waals surface area contributed by atoms with Gasteiger partial charge in [-0.15, -0.1) is 12.4 Å². The number of imidazole rings is 1. The van der Waals surface area contributed by atoms with E-state index in [-0.39, 0.29) is 68.6 Å². The van der Waals surface area contributed by atoms with Crippen LogP contribution in [0.25, 0.3) is 21.8 Å². The van der Waals surface area contributed by atoms with Crippen molar-refractivity contribution >= 4 is 145 Å². The number of carbonyl (C=O) groups excluding carboxylic acids is 3. The van der Waals surface area contributed by atoms with Crippen LogP contribution in [-0.2, 0) is 39.0 Å². The van der Waals surface area contributed by atoms with E-state index in [0.717, 1.165) is 120 Å². The number of ether oxygens (including phenoxy) is 2. The van der Waals surface area contributed by atoms with Gasteiger partial charge in [-0.2, -0.15) is 18.0 Å². The number of benzene rings is 2. The van der Waals surface area contributed by atoms with Crippen molar-refractivity contribution in [2.75, 3.05) is 16.4 Å². The highest BCUT2D eigenvalue weighted by Crippen LogP contribution is 2.32. The Kier molecular flexibility index (Phi) is 29.6. The Morgan fingerprint density at radius 2 is 1.27 bits per heavy atom. The number of rotatable bonds is 12. The predicted octanol–water partition coefficient (Wildman–Crippen LogP) is 10.9. The first kappa shape index (κ1) is 76.4. The first-order valence-corrected chi connectivity index (χ1v) is 31.7. The summed E-state index contributed by atoms with van der Waals surface area (Å²) in [6.45, 7) is 10.7. The summed E-state index contributed by atoms with van der Waals surface area (Å²) in [5.41, 5.74) is 1.78. The average molecular weight is 1460 g/mol. The number of Topliss-reactive ketones (excluding diaryl/α,β-unsaturated/α-hetero) is 1. The predicted molar refractivity (Wildman–Crippen MR) is 350 cm³/mol. The number of nitrogens with one attached hydrogen (secondary N) is 4. The van der Waals surface area contributed by atoms with Crippen molar-refractivity contribution in [3.63, 3.8) is 0 Å². The third kappa shape index (κ3) is 24.5. The number of aromatic nitrogens is 10. The highest BCUT2D eigenvalue weighted by atomic mass is 79.9. The van der Waals surface area contributed by atoms with E-state index >= 15 is 0 Å². The summed E-state index contributed by atoms with van der Waals surface area (Å²) in [7, 11) is 2.65. The van der Waals surface area contributed by atoms with E-state index in [1.807, 2.05) is 25.6 Å². The molecule has 25 nitrogen and oxygen atoms in total. The molecule has 0 radical (unpaired) electrons. The number of anilines is 3. The second-order valence-electron chi connectivity index (χ2n) is 21.2. The van der Waals surface area contributed by atoms with Gasteiger partial charge in [-0.05, 0) is 100 Å². The number of aromatic amines is 2. The van der Waals surface area contributed by atoms with E-state index in [0.29, 0.717) is 27.9 Å². The van der Waals surface area contributed by atoms with E-state index in [1.54, 1.807) is 69.0 Å². The number of halogens is 7. The second-order valence-corrected chi connectivity index (χ2v) is 26.9. The summed E-state index contributed by atoms with van der Waals surface area (Å²) >= 11 is 6.94. The minimum atomic E-state index is -1.34. The fourth-order valence-corrected chi connectivity index (χ4v) is 11.1. The van der Waals surface area contributed by atoms with Gasteiger partial charge in [0.05, 0.1) is 56.8 Å². The molecule has 2 atom stereocenters. The van der Waals surface area contributed by atoms with E-state index in [2.05, 4.69) is 61.5 Å². The number of para-hydroxylation sites is 1. The number of hydrogen-bond donors (Lipinski definition) is 6. The number of amides is 2. The maximum absolute atomic E-state index is 13.7. The van der Waals surface area contributed by atoms with Gasteiger partial charge in [0.1, 0.15) is 50.0 Å². The van der Waals surface area contributed by atoms with E-state index in [1.165, 1.54) is 23.6 Å². The van der Waals surface area contributed by atoms with Gasteiger partial charge in [0.15, 0.2) is 36.6 Å². The standard InChI is InChI=1S/C21H21F2N3O3S.C15H14N4O4.C8H11BrN2O2S.C8H11FN2O2S.C3H3FN2S.ClH.FH2NSi/c22-13-6-7-15-14(9-13)20(28)26(21(29)25-15)16(8-12-4-2-1-3-5-12)17(27)10-19-24-11-18(23)30-19;1-18-7-6-16-12(18)8-11(14(21)22)19-13(20)9-4-2-3-5-10(9)17-15(19)23;2*1-8(2,3)13-7(12)11-6-10-4-5(9)14-6;4-2-1-6-3(5)7-2;;1-2-3/h6-7,9,11-12,16H,1-5,8,10H2,(H,25,29);2-7,11H,8H2,1H3,(H,17,23)(H,21,22);2*4H,1-3H3,(H,10,11,12);1H,(H2,5,6);1H;3H2. The van der Waals surface area contributed by atoms with Crippen LogP contribution in [0.15, 0.2) is 107 Å². The average Bonchev–Trinajstić information content (AvgIpc) is 1.20. The Morgan fingerprint density at radius 1 is 0.750 bits per heavy atom. The highest BCUT2D eigenvalue weighted by molar-refractivity contribution is 9.11. The van der Waals surface area contributed by atoms with Crippen molar-refractivity contribution in [1.82, 2.24) is 48.6 Å². The molecule has 1 saturated carbocycles. The number of aryl methyl sites for hydroxylation is 1. The molecule has 1 fully saturated rings. The molecule has 10 rings (SSSR count). The van der Waals surface area contributed by atoms with Crippen molar-refractivity contribution in [3.8, 4) is 0 Å². The molecule has 7 heterocycles. The first-order valence-electron chi connectivity index (χ1n) is 27.0. The van der Waals surface area contributed by atoms with Gasteiger partial charge in [0.2, 0.25) is 0 Å². The Labute approximate surface area is 553 Å². The Morgan fingerprint density at radius 3 is 1.75 bits per heavy atom. The maximum Gasteiger partial charge on any atom is 0.413 e. The third-order valence-electron chi connectivity index (χ3n) is 12.1. The first-order chi connectivity index (χ1) is 42.8. The summed E-state index contributed by atoms with van der Waals surface area (Å²) < 4.78 is 75.4. The van der Waals surface area contributed by atoms with Gasteiger partial charge >= 0.3 is 29.5 Å². The molecule has 37 heteroatoms. The van der Waals surface area contributed by atoms with Gasteiger partial charge in [0.25, 0.3) is 11.1 Å². The summed E-state index contributed by atoms with van der Waals surface area (Å²) in [6, 6.07) is 7.67. The molecule has 496 valence electrons. The van der Waals surface area contributed by atoms with Gasteiger partial charge in [0, 0.05) is 25.9 Å². The Bertz CT molecular complexity index is 4120. The zero-order valence-electron chi connectivity index (χ0n) is 50.0. The number of nitrogens with zero attached hydrogens (tertiary/aromatic N) is 9. The third-order valence-corrected chi connectivity index (χ3v) is 15.6. The molecule has 2 unspecified atom stereocenters. The molecule has 2 aromatic carbocycles. The van der Waals surface area contributed by atoms with Crippen molar-refractivity contribution in [3.05, 3.63) is 157 Å². The summed E-state index contributed by atoms with van der Waals surface area (Å²) in [5.74, 6) is -1.58. The lowest BCUT2D eigenvalue weighted by Gasteiger charge is -2.26. The van der Waals surface area contributed by atoms with Crippen LogP contribution in [0.5, 0.6) is 0 Å². The quantitative estimate of drug-likeness (QED) is 0.0489. The number of nitrogens with two attached hydrogens (primary N) is 1. The van der Waals surface area contributed by atoms with Crippen LogP contribution in [0.1, 0.15) is 103 Å². The minimum absolute atomic E-state index is 0. The zero-order valence-corrected chi connectivity index (χ0v) is 57.1. The van der Waals surface area contributed by atoms with Crippen LogP contribution >= 0.6 is 73.7 Å². The zero-order chi connectivity index (χ0) is 67.3. The van der Waals surface area contributed by atoms with Crippen LogP contribution < -0.4 is 38.9 Å². The maximum atomic E-state index is 13.7. The minimum Gasteiger partial charge on any atom is -0.480 e. The number of carbonyl (C=O) groups is 4.